The Balaban J connectivity index is 2.89. The fourth-order valence-corrected chi connectivity index (χ4v) is 0.964. The summed E-state index contributed by atoms with van der Waals surface area (Å²) in [5, 5.41) is 17.9. The summed E-state index contributed by atoms with van der Waals surface area (Å²) in [6.45, 7) is 2.00. The van der Waals surface area contributed by atoms with Gasteiger partial charge in [-0.3, -0.25) is 0 Å². The zero-order valence-electron chi connectivity index (χ0n) is 7.54. The first-order chi connectivity index (χ1) is 6.24. The van der Waals surface area contributed by atoms with Gasteiger partial charge < -0.3 is 10.2 Å². The quantitative estimate of drug-likeness (QED) is 0.635. The largest absolute Gasteiger partial charge is 0.507 e. The SMILES string of the molecule is Cc1ccc(O)c(C#CCCO)c1. The number of hydrogen-bond acceptors (Lipinski definition) is 2. The van der Waals surface area contributed by atoms with Gasteiger partial charge in [0.2, 0.25) is 0 Å². The molecule has 0 aliphatic carbocycles. The van der Waals surface area contributed by atoms with Crippen LogP contribution in [-0.4, -0.2) is 16.8 Å². The molecule has 0 aliphatic rings. The molecule has 0 fully saturated rings. The Labute approximate surface area is 77.8 Å². The molecule has 0 saturated carbocycles. The predicted molar refractivity (Wildman–Crippen MR) is 51.4 cm³/mol. The van der Waals surface area contributed by atoms with Crippen LogP contribution in [0.4, 0.5) is 0 Å². The average molecular weight is 176 g/mol. The molecule has 68 valence electrons. The van der Waals surface area contributed by atoms with Crippen molar-refractivity contribution in [2.75, 3.05) is 6.61 Å². The summed E-state index contributed by atoms with van der Waals surface area (Å²) in [4.78, 5) is 0. The summed E-state index contributed by atoms with van der Waals surface area (Å²) in [6, 6.07) is 5.27. The Bertz CT molecular complexity index is 345. The maximum absolute atomic E-state index is 9.37. The average Bonchev–Trinajstić information content (AvgIpc) is 2.11. The van der Waals surface area contributed by atoms with Crippen molar-refractivity contribution in [3.63, 3.8) is 0 Å². The topological polar surface area (TPSA) is 40.5 Å². The van der Waals surface area contributed by atoms with Gasteiger partial charge in [-0.1, -0.05) is 17.9 Å². The number of rotatable bonds is 1. The Morgan fingerprint density at radius 3 is 2.85 bits per heavy atom. The van der Waals surface area contributed by atoms with E-state index in [0.717, 1.165) is 5.56 Å². The maximum Gasteiger partial charge on any atom is 0.131 e. The Hall–Kier alpha value is -1.46. The smallest absolute Gasteiger partial charge is 0.131 e. The van der Waals surface area contributed by atoms with E-state index in [4.69, 9.17) is 5.11 Å². The first-order valence-corrected chi connectivity index (χ1v) is 4.13. The number of phenols is 1. The van der Waals surface area contributed by atoms with Gasteiger partial charge in [-0.2, -0.15) is 0 Å². The lowest BCUT2D eigenvalue weighted by atomic mass is 10.1. The second-order valence-electron chi connectivity index (χ2n) is 2.80. The van der Waals surface area contributed by atoms with Crippen molar-refractivity contribution in [2.45, 2.75) is 13.3 Å². The fourth-order valence-electron chi connectivity index (χ4n) is 0.964. The van der Waals surface area contributed by atoms with Crippen LogP contribution in [0.15, 0.2) is 18.2 Å². The van der Waals surface area contributed by atoms with E-state index in [9.17, 15) is 5.11 Å². The van der Waals surface area contributed by atoms with Crippen LogP contribution < -0.4 is 0 Å². The van der Waals surface area contributed by atoms with E-state index in [-0.39, 0.29) is 12.4 Å². The molecule has 0 amide bonds. The Morgan fingerprint density at radius 1 is 1.38 bits per heavy atom. The summed E-state index contributed by atoms with van der Waals surface area (Å²) in [6.07, 6.45) is 0.438. The molecule has 2 nitrogen and oxygen atoms in total. The molecule has 0 heterocycles. The first kappa shape index (κ1) is 9.63. The van der Waals surface area contributed by atoms with E-state index in [1.165, 1.54) is 0 Å². The Kier molecular flexibility index (Phi) is 3.36. The monoisotopic (exact) mass is 176 g/mol. The molecule has 0 saturated heterocycles. The highest BCUT2D eigenvalue weighted by atomic mass is 16.3. The fraction of sp³-hybridized carbons (Fsp3) is 0.273. The van der Waals surface area contributed by atoms with E-state index in [1.807, 2.05) is 19.1 Å². The van der Waals surface area contributed by atoms with Gasteiger partial charge in [-0.25, -0.2) is 0 Å². The van der Waals surface area contributed by atoms with Gasteiger partial charge in [0.1, 0.15) is 5.75 Å². The molecular formula is C11H12O2. The number of hydrogen-bond donors (Lipinski definition) is 2. The highest BCUT2D eigenvalue weighted by molar-refractivity contribution is 5.46. The van der Waals surface area contributed by atoms with Crippen molar-refractivity contribution in [1.29, 1.82) is 0 Å². The molecule has 0 radical (unpaired) electrons. The van der Waals surface area contributed by atoms with E-state index < -0.39 is 0 Å². The van der Waals surface area contributed by atoms with E-state index in [0.29, 0.717) is 12.0 Å². The van der Waals surface area contributed by atoms with Gasteiger partial charge in [0.05, 0.1) is 12.2 Å². The van der Waals surface area contributed by atoms with Crippen LogP contribution in [0.5, 0.6) is 5.75 Å². The van der Waals surface area contributed by atoms with Gasteiger partial charge in [-0.05, 0) is 24.6 Å². The summed E-state index contributed by atoms with van der Waals surface area (Å²) in [5.41, 5.74) is 1.68. The van der Waals surface area contributed by atoms with Crippen LogP contribution in [-0.2, 0) is 0 Å². The van der Waals surface area contributed by atoms with Gasteiger partial charge >= 0.3 is 0 Å². The molecule has 0 bridgehead atoms. The zero-order chi connectivity index (χ0) is 9.68. The summed E-state index contributed by atoms with van der Waals surface area (Å²) < 4.78 is 0. The third-order valence-electron chi connectivity index (χ3n) is 1.61. The molecule has 0 aliphatic heterocycles. The number of phenolic OH excluding ortho intramolecular Hbond substituents is 1. The van der Waals surface area contributed by atoms with Gasteiger partial charge in [0.25, 0.3) is 0 Å². The van der Waals surface area contributed by atoms with Crippen LogP contribution in [0.3, 0.4) is 0 Å². The zero-order valence-corrected chi connectivity index (χ0v) is 7.54. The van der Waals surface area contributed by atoms with Gasteiger partial charge in [0.15, 0.2) is 0 Å². The molecular weight excluding hydrogens is 164 g/mol. The van der Waals surface area contributed by atoms with Crippen molar-refractivity contribution in [2.24, 2.45) is 0 Å². The lowest BCUT2D eigenvalue weighted by molar-refractivity contribution is 0.305. The number of aromatic hydroxyl groups is 1. The molecule has 0 unspecified atom stereocenters. The van der Waals surface area contributed by atoms with Crippen LogP contribution in [0.25, 0.3) is 0 Å². The highest BCUT2D eigenvalue weighted by Gasteiger charge is 1.95. The molecule has 13 heavy (non-hydrogen) atoms. The number of aliphatic hydroxyl groups is 1. The lowest BCUT2D eigenvalue weighted by Gasteiger charge is -1.97. The third kappa shape index (κ3) is 2.81. The van der Waals surface area contributed by atoms with Crippen molar-refractivity contribution >= 4 is 0 Å². The lowest BCUT2D eigenvalue weighted by Crippen LogP contribution is -1.80. The molecule has 1 rings (SSSR count). The second kappa shape index (κ2) is 4.54. The van der Waals surface area contributed by atoms with Crippen LogP contribution in [0.1, 0.15) is 17.5 Å². The number of benzene rings is 1. The molecule has 1 aromatic carbocycles. The standard InChI is InChI=1S/C11H12O2/c1-9-5-6-11(13)10(8-9)4-2-3-7-12/h5-6,8,12-13H,3,7H2,1H3. The van der Waals surface area contributed by atoms with Crippen molar-refractivity contribution in [3.8, 4) is 17.6 Å². The number of aryl methyl sites for hydroxylation is 1. The van der Waals surface area contributed by atoms with Gasteiger partial charge in [0, 0.05) is 6.42 Å². The summed E-state index contributed by atoms with van der Waals surface area (Å²) in [5.74, 6) is 5.74. The molecule has 0 aromatic heterocycles. The van der Waals surface area contributed by atoms with Crippen molar-refractivity contribution in [1.82, 2.24) is 0 Å². The second-order valence-corrected chi connectivity index (χ2v) is 2.80. The summed E-state index contributed by atoms with van der Waals surface area (Å²) in [7, 11) is 0. The molecule has 0 spiro atoms. The van der Waals surface area contributed by atoms with Crippen LogP contribution in [0.2, 0.25) is 0 Å². The number of aliphatic hydroxyl groups excluding tert-OH is 1. The van der Waals surface area contributed by atoms with Crippen LogP contribution >= 0.6 is 0 Å². The van der Waals surface area contributed by atoms with Gasteiger partial charge in [-0.15, -0.1) is 0 Å². The minimum absolute atomic E-state index is 0.0551. The minimum Gasteiger partial charge on any atom is -0.507 e. The van der Waals surface area contributed by atoms with E-state index in [1.54, 1.807) is 6.07 Å². The summed E-state index contributed by atoms with van der Waals surface area (Å²) >= 11 is 0. The molecule has 1 aromatic rings. The molecule has 2 N–H and O–H groups in total. The highest BCUT2D eigenvalue weighted by Crippen LogP contribution is 2.16. The normalized spacial score (nSPS) is 9.08. The molecule has 2 heteroatoms. The maximum atomic E-state index is 9.37. The minimum atomic E-state index is 0.0551. The van der Waals surface area contributed by atoms with Crippen molar-refractivity contribution < 1.29 is 10.2 Å². The van der Waals surface area contributed by atoms with E-state index >= 15 is 0 Å². The van der Waals surface area contributed by atoms with Crippen molar-refractivity contribution in [3.05, 3.63) is 29.3 Å². The van der Waals surface area contributed by atoms with Crippen LogP contribution in [0, 0.1) is 18.8 Å². The molecule has 0 atom stereocenters. The first-order valence-electron chi connectivity index (χ1n) is 4.13. The van der Waals surface area contributed by atoms with E-state index in [2.05, 4.69) is 11.8 Å². The third-order valence-corrected chi connectivity index (χ3v) is 1.61. The predicted octanol–water partition coefficient (Wildman–Crippen LogP) is 1.43. The Morgan fingerprint density at radius 2 is 2.15 bits per heavy atom.